The van der Waals surface area contributed by atoms with Gasteiger partial charge in [-0.15, -0.1) is 0 Å². The second kappa shape index (κ2) is 6.54. The number of hydrogen-bond acceptors (Lipinski definition) is 4. The summed E-state index contributed by atoms with van der Waals surface area (Å²) < 4.78 is 30.5. The van der Waals surface area contributed by atoms with Gasteiger partial charge in [-0.1, -0.05) is 0 Å². The minimum Gasteiger partial charge on any atom is -0.383 e. The Bertz CT molecular complexity index is 280. The summed E-state index contributed by atoms with van der Waals surface area (Å²) in [6.45, 7) is 1.90. The largest absolute Gasteiger partial charge is 0.383 e. The van der Waals surface area contributed by atoms with E-state index in [4.69, 9.17) is 10.5 Å². The molecule has 0 aliphatic heterocycles. The van der Waals surface area contributed by atoms with Crippen molar-refractivity contribution in [1.82, 2.24) is 4.31 Å². The Balaban J connectivity index is 2.49. The van der Waals surface area contributed by atoms with E-state index in [0.717, 1.165) is 12.8 Å². The molecule has 2 N–H and O–H groups in total. The molecule has 0 heterocycles. The van der Waals surface area contributed by atoms with Crippen molar-refractivity contribution >= 4 is 10.0 Å². The zero-order chi connectivity index (χ0) is 12.0. The van der Waals surface area contributed by atoms with Gasteiger partial charge in [0.15, 0.2) is 0 Å². The first-order valence-electron chi connectivity index (χ1n) is 5.77. The molecule has 0 atom stereocenters. The standard InChI is InChI=1S/C10H22N2O3S/c1-15-8-7-12(6-2-5-11)16(13,14)9-10-3-4-10/h10H,2-9,11H2,1H3. The zero-order valence-electron chi connectivity index (χ0n) is 9.89. The van der Waals surface area contributed by atoms with E-state index in [2.05, 4.69) is 0 Å². The highest BCUT2D eigenvalue weighted by Crippen LogP contribution is 2.31. The van der Waals surface area contributed by atoms with Crippen molar-refractivity contribution in [3.63, 3.8) is 0 Å². The molecule has 1 aliphatic rings. The molecule has 0 saturated heterocycles. The van der Waals surface area contributed by atoms with Gasteiger partial charge in [0.05, 0.1) is 12.4 Å². The van der Waals surface area contributed by atoms with E-state index in [9.17, 15) is 8.42 Å². The highest BCUT2D eigenvalue weighted by molar-refractivity contribution is 7.89. The van der Waals surface area contributed by atoms with Crippen LogP contribution < -0.4 is 5.73 Å². The van der Waals surface area contributed by atoms with Crippen LogP contribution in [-0.2, 0) is 14.8 Å². The maximum absolute atomic E-state index is 12.0. The summed E-state index contributed by atoms with van der Waals surface area (Å²) in [5, 5.41) is 0. The van der Waals surface area contributed by atoms with Crippen LogP contribution in [0.25, 0.3) is 0 Å². The Morgan fingerprint density at radius 3 is 2.56 bits per heavy atom. The van der Waals surface area contributed by atoms with Gasteiger partial charge in [0.1, 0.15) is 0 Å². The van der Waals surface area contributed by atoms with Crippen LogP contribution in [0.15, 0.2) is 0 Å². The van der Waals surface area contributed by atoms with E-state index < -0.39 is 10.0 Å². The van der Waals surface area contributed by atoms with Gasteiger partial charge in [0.25, 0.3) is 0 Å². The summed E-state index contributed by atoms with van der Waals surface area (Å²) >= 11 is 0. The van der Waals surface area contributed by atoms with Crippen LogP contribution in [0, 0.1) is 5.92 Å². The van der Waals surface area contributed by atoms with Crippen LogP contribution in [0.4, 0.5) is 0 Å². The molecular formula is C10H22N2O3S. The lowest BCUT2D eigenvalue weighted by Gasteiger charge is -2.21. The average Bonchev–Trinajstić information content (AvgIpc) is 3.00. The van der Waals surface area contributed by atoms with Crippen molar-refractivity contribution in [1.29, 1.82) is 0 Å². The summed E-state index contributed by atoms with van der Waals surface area (Å²) in [5.74, 6) is 0.675. The molecule has 0 aromatic carbocycles. The van der Waals surface area contributed by atoms with Crippen molar-refractivity contribution in [3.05, 3.63) is 0 Å². The maximum atomic E-state index is 12.0. The molecule has 96 valence electrons. The van der Waals surface area contributed by atoms with Crippen LogP contribution in [0.2, 0.25) is 0 Å². The molecule has 5 nitrogen and oxygen atoms in total. The van der Waals surface area contributed by atoms with Crippen molar-refractivity contribution in [2.24, 2.45) is 11.7 Å². The van der Waals surface area contributed by atoms with Gasteiger partial charge in [0, 0.05) is 20.2 Å². The van der Waals surface area contributed by atoms with Gasteiger partial charge >= 0.3 is 0 Å². The third-order valence-corrected chi connectivity index (χ3v) is 4.74. The lowest BCUT2D eigenvalue weighted by molar-refractivity contribution is 0.178. The summed E-state index contributed by atoms with van der Waals surface area (Å²) in [5.41, 5.74) is 5.41. The topological polar surface area (TPSA) is 72.6 Å². The van der Waals surface area contributed by atoms with E-state index in [1.807, 2.05) is 0 Å². The van der Waals surface area contributed by atoms with Crippen LogP contribution in [0.3, 0.4) is 0 Å². The fraction of sp³-hybridized carbons (Fsp3) is 1.00. The summed E-state index contributed by atoms with van der Waals surface area (Å²) in [6.07, 6.45) is 2.80. The Kier molecular flexibility index (Phi) is 5.68. The lowest BCUT2D eigenvalue weighted by Crippen LogP contribution is -2.37. The maximum Gasteiger partial charge on any atom is 0.214 e. The van der Waals surface area contributed by atoms with Crippen LogP contribution in [0.5, 0.6) is 0 Å². The normalized spacial score (nSPS) is 16.9. The van der Waals surface area contributed by atoms with Gasteiger partial charge in [-0.05, 0) is 31.7 Å². The Morgan fingerprint density at radius 1 is 1.38 bits per heavy atom. The van der Waals surface area contributed by atoms with Crippen molar-refractivity contribution in [2.75, 3.05) is 39.1 Å². The highest BCUT2D eigenvalue weighted by Gasteiger charge is 2.31. The quantitative estimate of drug-likeness (QED) is 0.626. The fourth-order valence-electron chi connectivity index (χ4n) is 1.54. The second-order valence-electron chi connectivity index (χ2n) is 4.26. The number of methoxy groups -OCH3 is 1. The van der Waals surface area contributed by atoms with E-state index >= 15 is 0 Å². The van der Waals surface area contributed by atoms with Crippen molar-refractivity contribution < 1.29 is 13.2 Å². The average molecular weight is 250 g/mol. The molecule has 0 radical (unpaired) electrons. The minimum absolute atomic E-state index is 0.293. The van der Waals surface area contributed by atoms with Crippen molar-refractivity contribution in [2.45, 2.75) is 19.3 Å². The van der Waals surface area contributed by atoms with E-state index in [1.54, 1.807) is 7.11 Å². The molecule has 6 heteroatoms. The molecule has 1 rings (SSSR count). The summed E-state index contributed by atoms with van der Waals surface area (Å²) in [7, 11) is -1.53. The number of ether oxygens (including phenoxy) is 1. The molecule has 0 spiro atoms. The molecule has 16 heavy (non-hydrogen) atoms. The molecule has 0 unspecified atom stereocenters. The molecule has 0 bridgehead atoms. The number of hydrogen-bond donors (Lipinski definition) is 1. The first-order chi connectivity index (χ1) is 7.60. The van der Waals surface area contributed by atoms with Crippen LogP contribution in [-0.4, -0.2) is 51.8 Å². The Labute approximate surface area is 98.0 Å². The lowest BCUT2D eigenvalue weighted by atomic mass is 10.4. The zero-order valence-corrected chi connectivity index (χ0v) is 10.7. The predicted molar refractivity (Wildman–Crippen MR) is 63.6 cm³/mol. The smallest absolute Gasteiger partial charge is 0.214 e. The summed E-state index contributed by atoms with van der Waals surface area (Å²) in [4.78, 5) is 0. The van der Waals surface area contributed by atoms with Gasteiger partial charge in [-0.3, -0.25) is 0 Å². The predicted octanol–water partition coefficient (Wildman–Crippen LogP) is 0.0234. The third-order valence-electron chi connectivity index (χ3n) is 2.69. The van der Waals surface area contributed by atoms with Gasteiger partial charge in [0.2, 0.25) is 10.0 Å². The molecule has 0 aromatic rings. The first kappa shape index (κ1) is 13.9. The molecule has 0 aromatic heterocycles. The van der Waals surface area contributed by atoms with Gasteiger partial charge in [-0.25, -0.2) is 8.42 Å². The van der Waals surface area contributed by atoms with Gasteiger partial charge in [-0.2, -0.15) is 4.31 Å². The molecule has 1 fully saturated rings. The first-order valence-corrected chi connectivity index (χ1v) is 7.38. The molecule has 1 saturated carbocycles. The highest BCUT2D eigenvalue weighted by atomic mass is 32.2. The monoisotopic (exact) mass is 250 g/mol. The van der Waals surface area contributed by atoms with Crippen LogP contribution in [0.1, 0.15) is 19.3 Å². The number of sulfonamides is 1. The molecular weight excluding hydrogens is 228 g/mol. The molecule has 0 amide bonds. The number of nitrogens with two attached hydrogens (primary N) is 1. The van der Waals surface area contributed by atoms with Crippen molar-refractivity contribution in [3.8, 4) is 0 Å². The second-order valence-corrected chi connectivity index (χ2v) is 6.27. The number of nitrogens with zero attached hydrogens (tertiary/aromatic N) is 1. The van der Waals surface area contributed by atoms with Gasteiger partial charge < -0.3 is 10.5 Å². The van der Waals surface area contributed by atoms with E-state index in [1.165, 1.54) is 4.31 Å². The SMILES string of the molecule is COCCN(CCCN)S(=O)(=O)CC1CC1. The van der Waals surface area contributed by atoms with E-state index in [0.29, 0.717) is 44.3 Å². The van der Waals surface area contributed by atoms with E-state index in [-0.39, 0.29) is 0 Å². The molecule has 1 aliphatic carbocycles. The summed E-state index contributed by atoms with van der Waals surface area (Å²) in [6, 6.07) is 0. The minimum atomic E-state index is -3.11. The Hall–Kier alpha value is -0.170. The third kappa shape index (κ3) is 4.78. The Morgan fingerprint density at radius 2 is 2.06 bits per heavy atom. The fourth-order valence-corrected chi connectivity index (χ4v) is 3.44. The van der Waals surface area contributed by atoms with Crippen LogP contribution >= 0.6 is 0 Å². The number of rotatable bonds is 9.